The number of carbonyl (C=O) groups excluding carboxylic acids is 2. The Hall–Kier alpha value is -1.06. The zero-order valence-electron chi connectivity index (χ0n) is 6.47. The first-order chi connectivity index (χ1) is 4.57. The molecule has 0 unspecified atom stereocenters. The van der Waals surface area contributed by atoms with Gasteiger partial charge < -0.3 is 0 Å². The van der Waals surface area contributed by atoms with Crippen LogP contribution in [0.5, 0.6) is 0 Å². The quantitative estimate of drug-likeness (QED) is 0.523. The van der Waals surface area contributed by atoms with Crippen molar-refractivity contribution < 1.29 is 9.59 Å². The topological polar surface area (TPSA) is 49.4 Å². The molecule has 4 heteroatoms. The first-order valence-corrected chi connectivity index (χ1v) is 3.13. The van der Waals surface area contributed by atoms with Crippen LogP contribution >= 0.6 is 0 Å². The Balaban J connectivity index is 3.83. The van der Waals surface area contributed by atoms with Crippen LogP contribution in [0.4, 0.5) is 0 Å². The van der Waals surface area contributed by atoms with Gasteiger partial charge in [-0.1, -0.05) is 0 Å². The van der Waals surface area contributed by atoms with E-state index in [4.69, 9.17) is 0 Å². The molecule has 0 saturated heterocycles. The van der Waals surface area contributed by atoms with E-state index in [1.54, 1.807) is 6.92 Å². The van der Waals surface area contributed by atoms with E-state index in [2.05, 4.69) is 5.43 Å². The maximum absolute atomic E-state index is 10.6. The highest BCUT2D eigenvalue weighted by Gasteiger charge is 2.04. The van der Waals surface area contributed by atoms with Crippen molar-refractivity contribution >= 4 is 11.8 Å². The van der Waals surface area contributed by atoms with Crippen molar-refractivity contribution in [1.82, 2.24) is 10.4 Å². The second kappa shape index (κ2) is 3.87. The lowest BCUT2D eigenvalue weighted by Gasteiger charge is -2.17. The predicted molar refractivity (Wildman–Crippen MR) is 36.9 cm³/mol. The fourth-order valence-corrected chi connectivity index (χ4v) is 0.570. The van der Waals surface area contributed by atoms with E-state index in [0.717, 1.165) is 0 Å². The number of nitrogens with one attached hydrogen (secondary N) is 1. The van der Waals surface area contributed by atoms with Crippen molar-refractivity contribution in [2.45, 2.75) is 20.8 Å². The van der Waals surface area contributed by atoms with Crippen molar-refractivity contribution in [2.75, 3.05) is 6.54 Å². The van der Waals surface area contributed by atoms with Crippen LogP contribution < -0.4 is 5.43 Å². The zero-order valence-corrected chi connectivity index (χ0v) is 6.47. The molecule has 0 radical (unpaired) electrons. The van der Waals surface area contributed by atoms with Gasteiger partial charge in [0.15, 0.2) is 0 Å². The Morgan fingerprint density at radius 1 is 1.40 bits per heavy atom. The van der Waals surface area contributed by atoms with E-state index in [1.165, 1.54) is 18.9 Å². The lowest BCUT2D eigenvalue weighted by atomic mass is 10.6. The minimum Gasteiger partial charge on any atom is -0.274 e. The van der Waals surface area contributed by atoms with Crippen LogP contribution in [0.1, 0.15) is 20.8 Å². The molecule has 10 heavy (non-hydrogen) atoms. The molecule has 4 nitrogen and oxygen atoms in total. The highest BCUT2D eigenvalue weighted by Crippen LogP contribution is 1.81. The van der Waals surface area contributed by atoms with Gasteiger partial charge in [-0.05, 0) is 6.92 Å². The Kier molecular flexibility index (Phi) is 3.46. The smallest absolute Gasteiger partial charge is 0.237 e. The second-order valence-corrected chi connectivity index (χ2v) is 1.93. The normalized spacial score (nSPS) is 8.70. The highest BCUT2D eigenvalue weighted by molar-refractivity contribution is 5.79. The molecule has 0 heterocycles. The van der Waals surface area contributed by atoms with Crippen LogP contribution in [0.2, 0.25) is 0 Å². The number of rotatable bonds is 1. The lowest BCUT2D eigenvalue weighted by Crippen LogP contribution is -2.43. The fraction of sp³-hybridized carbons (Fsp3) is 0.667. The summed E-state index contributed by atoms with van der Waals surface area (Å²) in [7, 11) is 0. The number of hydrogen-bond donors (Lipinski definition) is 1. The van der Waals surface area contributed by atoms with Gasteiger partial charge >= 0.3 is 0 Å². The van der Waals surface area contributed by atoms with Gasteiger partial charge in [0.25, 0.3) is 0 Å². The Morgan fingerprint density at radius 2 is 1.90 bits per heavy atom. The van der Waals surface area contributed by atoms with Crippen LogP contribution in [0.15, 0.2) is 0 Å². The van der Waals surface area contributed by atoms with Gasteiger partial charge in [0.2, 0.25) is 11.8 Å². The molecule has 0 bridgehead atoms. The summed E-state index contributed by atoms with van der Waals surface area (Å²) in [6.45, 7) is 5.05. The largest absolute Gasteiger partial charge is 0.274 e. The first-order valence-electron chi connectivity index (χ1n) is 3.13. The highest BCUT2D eigenvalue weighted by atomic mass is 16.2. The molecule has 0 saturated carbocycles. The van der Waals surface area contributed by atoms with Gasteiger partial charge in [-0.3, -0.25) is 20.0 Å². The van der Waals surface area contributed by atoms with E-state index in [1.807, 2.05) is 0 Å². The third-order valence-corrected chi connectivity index (χ3v) is 0.989. The summed E-state index contributed by atoms with van der Waals surface area (Å²) >= 11 is 0. The first kappa shape index (κ1) is 8.94. The van der Waals surface area contributed by atoms with Gasteiger partial charge in [0, 0.05) is 20.4 Å². The molecule has 0 spiro atoms. The number of amides is 2. The van der Waals surface area contributed by atoms with Crippen molar-refractivity contribution in [1.29, 1.82) is 0 Å². The monoisotopic (exact) mass is 144 g/mol. The average molecular weight is 144 g/mol. The molecule has 0 fully saturated rings. The molecular formula is C6H12N2O2. The summed E-state index contributed by atoms with van der Waals surface area (Å²) in [4.78, 5) is 21.0. The van der Waals surface area contributed by atoms with Crippen molar-refractivity contribution in [3.05, 3.63) is 0 Å². The number of carbonyl (C=O) groups is 2. The molecule has 0 aromatic carbocycles. The van der Waals surface area contributed by atoms with Crippen LogP contribution in [0.25, 0.3) is 0 Å². The third-order valence-electron chi connectivity index (χ3n) is 0.989. The van der Waals surface area contributed by atoms with Gasteiger partial charge in [-0.2, -0.15) is 0 Å². The fourth-order valence-electron chi connectivity index (χ4n) is 0.570. The molecule has 0 aliphatic carbocycles. The minimum absolute atomic E-state index is 0.155. The predicted octanol–water partition coefficient (Wildman–Crippen LogP) is -0.0941. The SMILES string of the molecule is CCN(NC(C)=O)C(C)=O. The molecule has 0 aromatic heterocycles. The van der Waals surface area contributed by atoms with Gasteiger partial charge in [-0.25, -0.2) is 0 Å². The molecule has 2 amide bonds. The zero-order chi connectivity index (χ0) is 8.15. The average Bonchev–Trinajstić information content (AvgIpc) is 1.81. The van der Waals surface area contributed by atoms with Crippen molar-refractivity contribution in [3.63, 3.8) is 0 Å². The van der Waals surface area contributed by atoms with Crippen LogP contribution in [0, 0.1) is 0 Å². The Bertz CT molecular complexity index is 145. The van der Waals surface area contributed by atoms with Crippen LogP contribution in [-0.2, 0) is 9.59 Å². The minimum atomic E-state index is -0.225. The number of hydrazine groups is 1. The van der Waals surface area contributed by atoms with Gasteiger partial charge in [-0.15, -0.1) is 0 Å². The summed E-state index contributed by atoms with van der Waals surface area (Å²) in [5.74, 6) is -0.380. The molecule has 0 aliphatic heterocycles. The van der Waals surface area contributed by atoms with Crippen molar-refractivity contribution in [3.8, 4) is 0 Å². The maximum atomic E-state index is 10.6. The molecule has 0 aromatic rings. The Labute approximate surface area is 60.2 Å². The van der Waals surface area contributed by atoms with E-state index >= 15 is 0 Å². The summed E-state index contributed by atoms with van der Waals surface area (Å²) in [5, 5.41) is 1.25. The molecule has 0 rings (SSSR count). The van der Waals surface area contributed by atoms with Crippen LogP contribution in [-0.4, -0.2) is 23.4 Å². The van der Waals surface area contributed by atoms with E-state index in [0.29, 0.717) is 6.54 Å². The summed E-state index contributed by atoms with van der Waals surface area (Å²) in [6, 6.07) is 0. The van der Waals surface area contributed by atoms with Gasteiger partial charge in [0.1, 0.15) is 0 Å². The summed E-state index contributed by atoms with van der Waals surface area (Å²) in [5.41, 5.74) is 2.37. The molecular weight excluding hydrogens is 132 g/mol. The second-order valence-electron chi connectivity index (χ2n) is 1.93. The molecule has 1 N–H and O–H groups in total. The number of nitrogens with zero attached hydrogens (tertiary/aromatic N) is 1. The van der Waals surface area contributed by atoms with E-state index in [9.17, 15) is 9.59 Å². The summed E-state index contributed by atoms with van der Waals surface area (Å²) in [6.07, 6.45) is 0. The molecule has 0 aliphatic rings. The maximum Gasteiger partial charge on any atom is 0.237 e. The van der Waals surface area contributed by atoms with E-state index in [-0.39, 0.29) is 11.8 Å². The van der Waals surface area contributed by atoms with E-state index < -0.39 is 0 Å². The third kappa shape index (κ3) is 3.06. The summed E-state index contributed by atoms with van der Waals surface area (Å²) < 4.78 is 0. The standard InChI is InChI=1S/C6H12N2O2/c1-4-8(6(3)10)7-5(2)9/h4H2,1-3H3,(H,7,9). The lowest BCUT2D eigenvalue weighted by molar-refractivity contribution is -0.138. The van der Waals surface area contributed by atoms with Crippen LogP contribution in [0.3, 0.4) is 0 Å². The Morgan fingerprint density at radius 3 is 2.00 bits per heavy atom. The van der Waals surface area contributed by atoms with Gasteiger partial charge in [0.05, 0.1) is 0 Å². The molecule has 0 atom stereocenters. The van der Waals surface area contributed by atoms with Crippen molar-refractivity contribution in [2.24, 2.45) is 0 Å². The number of hydrogen-bond acceptors (Lipinski definition) is 2. The molecule has 58 valence electrons.